The van der Waals surface area contributed by atoms with Crippen LogP contribution >= 0.6 is 0 Å². The predicted octanol–water partition coefficient (Wildman–Crippen LogP) is 4.02. The Labute approximate surface area is 167 Å². The molecule has 0 bridgehead atoms. The number of carbonyl (C=O) groups is 1. The Morgan fingerprint density at radius 3 is 2.41 bits per heavy atom. The van der Waals surface area contributed by atoms with Crippen molar-refractivity contribution in [2.75, 3.05) is 18.0 Å². The van der Waals surface area contributed by atoms with Gasteiger partial charge in [0.05, 0.1) is 15.8 Å². The van der Waals surface area contributed by atoms with Crippen molar-refractivity contribution in [3.8, 4) is 0 Å². The van der Waals surface area contributed by atoms with Gasteiger partial charge in [0.1, 0.15) is 11.8 Å². The highest BCUT2D eigenvalue weighted by Gasteiger charge is 2.30. The Hall–Kier alpha value is -3.49. The normalized spacial score (nSPS) is 15.6. The topological polar surface area (TPSA) is 116 Å². The van der Waals surface area contributed by atoms with Crippen molar-refractivity contribution in [3.63, 3.8) is 0 Å². The Balaban J connectivity index is 1.60. The van der Waals surface area contributed by atoms with E-state index in [0.717, 1.165) is 0 Å². The van der Waals surface area contributed by atoms with E-state index in [4.69, 9.17) is 4.74 Å². The van der Waals surface area contributed by atoms with Crippen molar-refractivity contribution in [1.82, 2.24) is 0 Å². The van der Waals surface area contributed by atoms with Crippen LogP contribution in [-0.2, 0) is 9.53 Å². The summed E-state index contributed by atoms with van der Waals surface area (Å²) in [6, 6.07) is 12.6. The number of esters is 1. The van der Waals surface area contributed by atoms with Gasteiger partial charge in [0.2, 0.25) is 0 Å². The first-order valence-corrected chi connectivity index (χ1v) is 9.30. The van der Waals surface area contributed by atoms with Crippen LogP contribution in [0.2, 0.25) is 0 Å². The monoisotopic (exact) mass is 399 g/mol. The summed E-state index contributed by atoms with van der Waals surface area (Å²) in [4.78, 5) is 35.7. The van der Waals surface area contributed by atoms with Crippen molar-refractivity contribution >= 4 is 23.0 Å². The minimum absolute atomic E-state index is 0.0489. The number of rotatable bonds is 6. The standard InChI is InChI=1S/C20H21N3O6/c1-14(16-5-4-6-17(13-16)22(25)26)29-20(24)15-9-11-21(12-10-15)18-7-2-3-8-19(18)23(27)28/h2-8,13-15H,9-12H2,1H3/t14-/m1/s1. The number of piperidine rings is 1. The van der Waals surface area contributed by atoms with E-state index in [9.17, 15) is 25.0 Å². The Morgan fingerprint density at radius 1 is 1.07 bits per heavy atom. The van der Waals surface area contributed by atoms with Crippen LogP contribution in [0, 0.1) is 26.1 Å². The zero-order valence-electron chi connectivity index (χ0n) is 15.9. The average Bonchev–Trinajstić information content (AvgIpc) is 2.73. The molecule has 1 fully saturated rings. The highest BCUT2D eigenvalue weighted by Crippen LogP contribution is 2.32. The highest BCUT2D eigenvalue weighted by atomic mass is 16.6. The quantitative estimate of drug-likeness (QED) is 0.409. The molecule has 0 aliphatic carbocycles. The zero-order valence-corrected chi connectivity index (χ0v) is 15.9. The van der Waals surface area contributed by atoms with Crippen molar-refractivity contribution in [2.24, 2.45) is 5.92 Å². The summed E-state index contributed by atoms with van der Waals surface area (Å²) in [6.45, 7) is 2.70. The number of hydrogen-bond acceptors (Lipinski definition) is 7. The fraction of sp³-hybridized carbons (Fsp3) is 0.350. The lowest BCUT2D eigenvalue weighted by Crippen LogP contribution is -2.37. The van der Waals surface area contributed by atoms with E-state index in [2.05, 4.69) is 0 Å². The molecular weight excluding hydrogens is 378 g/mol. The fourth-order valence-electron chi connectivity index (χ4n) is 3.47. The molecule has 9 nitrogen and oxygen atoms in total. The lowest BCUT2D eigenvalue weighted by atomic mass is 9.96. The third kappa shape index (κ3) is 4.68. The Morgan fingerprint density at radius 2 is 1.76 bits per heavy atom. The molecule has 152 valence electrons. The van der Waals surface area contributed by atoms with E-state index in [1.165, 1.54) is 18.2 Å². The number of hydrogen-bond donors (Lipinski definition) is 0. The summed E-state index contributed by atoms with van der Waals surface area (Å²) >= 11 is 0. The maximum Gasteiger partial charge on any atom is 0.309 e. The van der Waals surface area contributed by atoms with E-state index in [1.54, 1.807) is 37.3 Å². The molecule has 1 aliphatic rings. The van der Waals surface area contributed by atoms with Crippen LogP contribution in [0.25, 0.3) is 0 Å². The van der Waals surface area contributed by atoms with Gasteiger partial charge in [-0.2, -0.15) is 0 Å². The maximum absolute atomic E-state index is 12.5. The molecule has 2 aromatic rings. The smallest absolute Gasteiger partial charge is 0.309 e. The molecule has 0 N–H and O–H groups in total. The zero-order chi connectivity index (χ0) is 21.0. The maximum atomic E-state index is 12.5. The van der Waals surface area contributed by atoms with Gasteiger partial charge in [-0.3, -0.25) is 25.0 Å². The average molecular weight is 399 g/mol. The molecule has 0 amide bonds. The van der Waals surface area contributed by atoms with Gasteiger partial charge in [-0.1, -0.05) is 24.3 Å². The SMILES string of the molecule is C[C@@H](OC(=O)C1CCN(c2ccccc2[N+](=O)[O-])CC1)c1cccc([N+](=O)[O-])c1. The third-order valence-electron chi connectivity index (χ3n) is 5.09. The van der Waals surface area contributed by atoms with Crippen molar-refractivity contribution in [3.05, 3.63) is 74.3 Å². The predicted molar refractivity (Wildman–Crippen MR) is 106 cm³/mol. The Kier molecular flexibility index (Phi) is 6.06. The summed E-state index contributed by atoms with van der Waals surface area (Å²) < 4.78 is 5.53. The molecule has 1 heterocycles. The molecule has 0 saturated carbocycles. The van der Waals surface area contributed by atoms with E-state index < -0.39 is 16.0 Å². The summed E-state index contributed by atoms with van der Waals surface area (Å²) in [6.07, 6.45) is 0.439. The van der Waals surface area contributed by atoms with Gasteiger partial charge in [0.15, 0.2) is 0 Å². The minimum Gasteiger partial charge on any atom is -0.458 e. The van der Waals surface area contributed by atoms with Crippen LogP contribution in [0.1, 0.15) is 31.4 Å². The number of nitro benzene ring substituents is 2. The third-order valence-corrected chi connectivity index (χ3v) is 5.09. The van der Waals surface area contributed by atoms with Crippen LogP contribution in [-0.4, -0.2) is 28.9 Å². The van der Waals surface area contributed by atoms with Gasteiger partial charge >= 0.3 is 5.97 Å². The van der Waals surface area contributed by atoms with Crippen molar-refractivity contribution < 1.29 is 19.4 Å². The molecule has 0 unspecified atom stereocenters. The van der Waals surface area contributed by atoms with E-state index >= 15 is 0 Å². The summed E-state index contributed by atoms with van der Waals surface area (Å²) in [5, 5.41) is 22.1. The number of anilines is 1. The molecule has 2 aromatic carbocycles. The molecule has 0 spiro atoms. The van der Waals surface area contributed by atoms with Crippen LogP contribution in [0.5, 0.6) is 0 Å². The highest BCUT2D eigenvalue weighted by molar-refractivity contribution is 5.73. The van der Waals surface area contributed by atoms with Gasteiger partial charge in [0.25, 0.3) is 11.4 Å². The minimum atomic E-state index is -0.601. The largest absolute Gasteiger partial charge is 0.458 e. The summed E-state index contributed by atoms with van der Waals surface area (Å²) in [5.74, 6) is -0.665. The van der Waals surface area contributed by atoms with Crippen LogP contribution in [0.15, 0.2) is 48.5 Å². The van der Waals surface area contributed by atoms with Gasteiger partial charge in [-0.25, -0.2) is 0 Å². The second-order valence-corrected chi connectivity index (χ2v) is 6.94. The molecule has 1 saturated heterocycles. The molecule has 29 heavy (non-hydrogen) atoms. The van der Waals surface area contributed by atoms with Gasteiger partial charge in [-0.15, -0.1) is 0 Å². The van der Waals surface area contributed by atoms with Gasteiger partial charge in [-0.05, 0) is 31.4 Å². The van der Waals surface area contributed by atoms with Gasteiger partial charge in [0, 0.05) is 31.3 Å². The molecule has 1 aliphatic heterocycles. The second kappa shape index (κ2) is 8.68. The number of nitrogens with zero attached hydrogens (tertiary/aromatic N) is 3. The van der Waals surface area contributed by atoms with Crippen LogP contribution in [0.3, 0.4) is 0 Å². The number of nitro groups is 2. The fourth-order valence-corrected chi connectivity index (χ4v) is 3.47. The molecular formula is C20H21N3O6. The number of carbonyl (C=O) groups excluding carboxylic acids is 1. The number of para-hydroxylation sites is 2. The van der Waals surface area contributed by atoms with E-state index in [-0.39, 0.29) is 23.3 Å². The Bertz CT molecular complexity index is 924. The summed E-state index contributed by atoms with van der Waals surface area (Å²) in [5.41, 5.74) is 1.11. The van der Waals surface area contributed by atoms with Gasteiger partial charge < -0.3 is 9.64 Å². The summed E-state index contributed by atoms with van der Waals surface area (Å²) in [7, 11) is 0. The number of ether oxygens (including phenoxy) is 1. The number of non-ortho nitro benzene ring substituents is 1. The van der Waals surface area contributed by atoms with Crippen molar-refractivity contribution in [1.29, 1.82) is 0 Å². The lowest BCUT2D eigenvalue weighted by Gasteiger charge is -2.32. The van der Waals surface area contributed by atoms with Crippen LogP contribution in [0.4, 0.5) is 17.1 Å². The molecule has 3 rings (SSSR count). The van der Waals surface area contributed by atoms with Crippen LogP contribution < -0.4 is 4.90 Å². The number of benzene rings is 2. The molecule has 9 heteroatoms. The first-order valence-electron chi connectivity index (χ1n) is 9.30. The molecule has 0 radical (unpaired) electrons. The second-order valence-electron chi connectivity index (χ2n) is 6.94. The molecule has 0 aromatic heterocycles. The molecule has 1 atom stereocenters. The first kappa shape index (κ1) is 20.2. The lowest BCUT2D eigenvalue weighted by molar-refractivity contribution is -0.385. The van der Waals surface area contributed by atoms with E-state index in [1.807, 2.05) is 4.90 Å². The van der Waals surface area contributed by atoms with E-state index in [0.29, 0.717) is 37.2 Å². The first-order chi connectivity index (χ1) is 13.9. The van der Waals surface area contributed by atoms with Crippen molar-refractivity contribution in [2.45, 2.75) is 25.9 Å².